The molecule has 4 aromatic rings. The number of allylic oxidation sites excluding steroid dienone is 2. The summed E-state index contributed by atoms with van der Waals surface area (Å²) in [5.74, 6) is -1.03. The van der Waals surface area contributed by atoms with Crippen LogP contribution in [0.2, 0.25) is 0 Å². The highest BCUT2D eigenvalue weighted by Crippen LogP contribution is 2.33. The van der Waals surface area contributed by atoms with Crippen LogP contribution in [0.25, 0.3) is 23.1 Å². The molecule has 1 heterocycles. The van der Waals surface area contributed by atoms with Gasteiger partial charge in [-0.2, -0.15) is 0 Å². The number of benzene rings is 3. The maximum absolute atomic E-state index is 13.9. The Labute approximate surface area is 192 Å². The molecule has 0 aliphatic rings. The Bertz CT molecular complexity index is 1410. The molecule has 0 saturated heterocycles. The molecule has 0 radical (unpaired) electrons. The Morgan fingerprint density at radius 3 is 2.48 bits per heavy atom. The van der Waals surface area contributed by atoms with Crippen LogP contribution < -0.4 is 0 Å². The fourth-order valence-corrected chi connectivity index (χ4v) is 4.04. The third kappa shape index (κ3) is 5.36. The summed E-state index contributed by atoms with van der Waals surface area (Å²) in [5, 5.41) is 12.6. The molecule has 8 heteroatoms. The zero-order valence-electron chi connectivity index (χ0n) is 17.1. The van der Waals surface area contributed by atoms with Gasteiger partial charge in [0, 0.05) is 28.0 Å². The highest BCUT2D eigenvalue weighted by Gasteiger charge is 2.10. The van der Waals surface area contributed by atoms with E-state index in [1.165, 1.54) is 36.3 Å². The number of halogens is 1. The lowest BCUT2D eigenvalue weighted by Crippen LogP contribution is -1.91. The number of para-hydroxylation sites is 1. The van der Waals surface area contributed by atoms with E-state index in [9.17, 15) is 19.3 Å². The normalized spacial score (nSPS) is 11.4. The fourth-order valence-electron chi connectivity index (χ4n) is 3.05. The van der Waals surface area contributed by atoms with Gasteiger partial charge in [0.25, 0.3) is 5.69 Å². The second-order valence-corrected chi connectivity index (χ2v) is 7.90. The van der Waals surface area contributed by atoms with Gasteiger partial charge in [-0.25, -0.2) is 14.4 Å². The molecule has 0 unspecified atom stereocenters. The minimum atomic E-state index is -0.646. The van der Waals surface area contributed by atoms with Crippen LogP contribution in [-0.2, 0) is 4.79 Å². The Hall–Kier alpha value is -4.17. The van der Waals surface area contributed by atoms with Crippen LogP contribution in [-0.4, -0.2) is 20.7 Å². The summed E-state index contributed by atoms with van der Waals surface area (Å²) in [4.78, 5) is 32.1. The van der Waals surface area contributed by atoms with Crippen molar-refractivity contribution in [1.29, 1.82) is 0 Å². The second-order valence-electron chi connectivity index (χ2n) is 6.87. The largest absolute Gasteiger partial charge is 0.290 e. The van der Waals surface area contributed by atoms with Crippen molar-refractivity contribution in [3.63, 3.8) is 0 Å². The van der Waals surface area contributed by atoms with Crippen molar-refractivity contribution in [2.24, 2.45) is 0 Å². The van der Waals surface area contributed by atoms with Crippen LogP contribution in [0.3, 0.4) is 0 Å². The maximum Gasteiger partial charge on any atom is 0.270 e. The number of ketones is 1. The van der Waals surface area contributed by atoms with Crippen LogP contribution >= 0.6 is 11.8 Å². The maximum atomic E-state index is 13.9. The van der Waals surface area contributed by atoms with Crippen molar-refractivity contribution in [3.8, 4) is 0 Å². The molecular weight excluding hydrogens is 441 g/mol. The lowest BCUT2D eigenvalue weighted by atomic mass is 10.1. The zero-order chi connectivity index (χ0) is 23.2. The smallest absolute Gasteiger partial charge is 0.270 e. The van der Waals surface area contributed by atoms with Crippen molar-refractivity contribution in [3.05, 3.63) is 112 Å². The molecule has 3 aromatic carbocycles. The first kappa shape index (κ1) is 22.0. The van der Waals surface area contributed by atoms with E-state index in [0.29, 0.717) is 0 Å². The third-order valence-electron chi connectivity index (χ3n) is 4.68. The molecule has 0 fully saturated rings. The summed E-state index contributed by atoms with van der Waals surface area (Å²) in [6, 6.07) is 18.4. The Balaban J connectivity index is 1.54. The quantitative estimate of drug-likeness (QED) is 0.144. The number of hydrogen-bond acceptors (Lipinski definition) is 6. The minimum Gasteiger partial charge on any atom is -0.290 e. The summed E-state index contributed by atoms with van der Waals surface area (Å²) in [5.41, 5.74) is 1.38. The van der Waals surface area contributed by atoms with Crippen LogP contribution in [0.4, 0.5) is 10.1 Å². The number of fused-ring (bicyclic) bond motifs is 1. The fraction of sp³-hybridized carbons (Fsp3) is 0. The van der Waals surface area contributed by atoms with Crippen molar-refractivity contribution >= 4 is 46.3 Å². The predicted octanol–water partition coefficient (Wildman–Crippen LogP) is 6.12. The molecule has 0 bridgehead atoms. The highest BCUT2D eigenvalue weighted by atomic mass is 32.2. The second kappa shape index (κ2) is 9.97. The van der Waals surface area contributed by atoms with E-state index < -0.39 is 10.7 Å². The van der Waals surface area contributed by atoms with Gasteiger partial charge in [0.2, 0.25) is 0 Å². The molecule has 0 aliphatic heterocycles. The van der Waals surface area contributed by atoms with E-state index in [1.807, 2.05) is 48.5 Å². The van der Waals surface area contributed by atoms with Gasteiger partial charge in [0.1, 0.15) is 17.2 Å². The van der Waals surface area contributed by atoms with Gasteiger partial charge in [0.05, 0.1) is 10.4 Å². The predicted molar refractivity (Wildman–Crippen MR) is 126 cm³/mol. The van der Waals surface area contributed by atoms with Gasteiger partial charge in [-0.05, 0) is 48.1 Å². The molecule has 0 atom stereocenters. The van der Waals surface area contributed by atoms with E-state index in [2.05, 4.69) is 9.97 Å². The molecule has 0 aliphatic carbocycles. The lowest BCUT2D eigenvalue weighted by molar-refractivity contribution is -0.384. The number of non-ortho nitro benzene ring substituents is 1. The molecular formula is C25H16FN3O3S. The van der Waals surface area contributed by atoms with Crippen molar-refractivity contribution in [2.45, 2.75) is 9.92 Å². The number of nitro groups is 1. The van der Waals surface area contributed by atoms with E-state index in [1.54, 1.807) is 6.08 Å². The van der Waals surface area contributed by atoms with Crippen molar-refractivity contribution < 1.29 is 14.1 Å². The van der Waals surface area contributed by atoms with Gasteiger partial charge in [0.15, 0.2) is 5.78 Å². The highest BCUT2D eigenvalue weighted by molar-refractivity contribution is 7.99. The first-order valence-electron chi connectivity index (χ1n) is 9.82. The monoisotopic (exact) mass is 457 g/mol. The van der Waals surface area contributed by atoms with Crippen molar-refractivity contribution in [1.82, 2.24) is 9.97 Å². The SMILES string of the molecule is O=C(/C=C/c1cc([N+](=O)[O-])ccc1F)/C=C/c1ccccc1Sc1ncnc2ccccc12. The average Bonchev–Trinajstić information content (AvgIpc) is 2.83. The molecule has 0 saturated carbocycles. The zero-order valence-corrected chi connectivity index (χ0v) is 17.9. The van der Waals surface area contributed by atoms with Gasteiger partial charge in [-0.15, -0.1) is 0 Å². The summed E-state index contributed by atoms with van der Waals surface area (Å²) in [7, 11) is 0. The van der Waals surface area contributed by atoms with Crippen molar-refractivity contribution in [2.75, 3.05) is 0 Å². The van der Waals surface area contributed by atoms with Crippen LogP contribution in [0, 0.1) is 15.9 Å². The van der Waals surface area contributed by atoms with Crippen LogP contribution in [0.15, 0.2) is 95.1 Å². The Morgan fingerprint density at radius 2 is 1.67 bits per heavy atom. The number of nitro benzene ring substituents is 1. The van der Waals surface area contributed by atoms with E-state index in [0.717, 1.165) is 44.6 Å². The molecule has 0 N–H and O–H groups in total. The third-order valence-corrected chi connectivity index (χ3v) is 5.79. The minimum absolute atomic E-state index is 0.0301. The first-order chi connectivity index (χ1) is 16.0. The molecule has 162 valence electrons. The Kier molecular flexibility index (Phi) is 6.66. The van der Waals surface area contributed by atoms with Crippen LogP contribution in [0.5, 0.6) is 0 Å². The summed E-state index contributed by atoms with van der Waals surface area (Å²) in [6.45, 7) is 0. The number of hydrogen-bond donors (Lipinski definition) is 0. The molecule has 0 amide bonds. The molecule has 33 heavy (non-hydrogen) atoms. The topological polar surface area (TPSA) is 86.0 Å². The Morgan fingerprint density at radius 1 is 0.939 bits per heavy atom. The number of carbonyl (C=O) groups is 1. The molecule has 0 spiro atoms. The summed E-state index contributed by atoms with van der Waals surface area (Å²) in [6.07, 6.45) is 6.95. The van der Waals surface area contributed by atoms with Gasteiger partial charge < -0.3 is 0 Å². The molecule has 6 nitrogen and oxygen atoms in total. The number of nitrogens with zero attached hydrogens (tertiary/aromatic N) is 3. The van der Waals surface area contributed by atoms with Gasteiger partial charge in [-0.3, -0.25) is 14.9 Å². The lowest BCUT2D eigenvalue weighted by Gasteiger charge is -2.07. The number of aromatic nitrogens is 2. The first-order valence-corrected chi connectivity index (χ1v) is 10.6. The molecule has 4 rings (SSSR count). The number of rotatable bonds is 7. The summed E-state index contributed by atoms with van der Waals surface area (Å²) < 4.78 is 13.9. The van der Waals surface area contributed by atoms with E-state index in [4.69, 9.17) is 0 Å². The summed E-state index contributed by atoms with van der Waals surface area (Å²) >= 11 is 1.47. The molecule has 1 aromatic heterocycles. The number of carbonyl (C=O) groups excluding carboxylic acids is 1. The van der Waals surface area contributed by atoms with E-state index in [-0.39, 0.29) is 17.0 Å². The van der Waals surface area contributed by atoms with Crippen LogP contribution in [0.1, 0.15) is 11.1 Å². The average molecular weight is 457 g/mol. The van der Waals surface area contributed by atoms with Gasteiger partial charge in [-0.1, -0.05) is 48.2 Å². The van der Waals surface area contributed by atoms with E-state index >= 15 is 0 Å². The standard InChI is InChI=1S/C25H16FN3O3S/c26-22-14-11-19(29(31)32)15-18(22)10-13-20(30)12-9-17-5-1-4-8-24(17)33-25-21-6-2-3-7-23(21)27-16-28-25/h1-16H/b12-9+,13-10+. The van der Waals surface area contributed by atoms with Gasteiger partial charge >= 0.3 is 0 Å².